The van der Waals surface area contributed by atoms with Crippen LogP contribution >= 0.6 is 0 Å². The minimum atomic E-state index is -2.35. The Kier molecular flexibility index (Phi) is 8.59. The molecule has 1 aliphatic heterocycles. The number of phenolic OH excluding ortho intramolecular Hbond substituents is 8. The van der Waals surface area contributed by atoms with E-state index in [9.17, 15) is 80.5 Å². The van der Waals surface area contributed by atoms with E-state index in [1.54, 1.807) is 0 Å². The molecule has 0 fully saturated rings. The van der Waals surface area contributed by atoms with Crippen molar-refractivity contribution in [2.24, 2.45) is 0 Å². The molecule has 46 heavy (non-hydrogen) atoms. The molecule has 12 N–H and O–H groups in total. The molecule has 4 rings (SSSR count). The smallest absolute Gasteiger partial charge is 0.339 e. The van der Waals surface area contributed by atoms with Crippen LogP contribution in [-0.2, 0) is 14.3 Å². The first-order valence-electron chi connectivity index (χ1n) is 12.4. The van der Waals surface area contributed by atoms with Gasteiger partial charge in [0.1, 0.15) is 30.5 Å². The summed E-state index contributed by atoms with van der Waals surface area (Å²) in [6.45, 7) is -1.18. The number of fused-ring (bicyclic) bond motifs is 3. The second-order valence-electron chi connectivity index (χ2n) is 9.54. The van der Waals surface area contributed by atoms with E-state index in [2.05, 4.69) is 0 Å². The van der Waals surface area contributed by atoms with Crippen LogP contribution in [0.25, 0.3) is 11.1 Å². The number of rotatable bonds is 6. The highest BCUT2D eigenvalue weighted by Crippen LogP contribution is 2.55. The lowest BCUT2D eigenvalue weighted by atomic mass is 9.91. The van der Waals surface area contributed by atoms with Crippen LogP contribution in [0.1, 0.15) is 31.1 Å². The van der Waals surface area contributed by atoms with Crippen molar-refractivity contribution >= 4 is 24.2 Å². The second kappa shape index (κ2) is 12.1. The lowest BCUT2D eigenvalue weighted by Crippen LogP contribution is -2.49. The van der Waals surface area contributed by atoms with Gasteiger partial charge in [0.2, 0.25) is 23.0 Å². The number of carboxylic acids is 1. The molecule has 0 aromatic heterocycles. The normalized spacial score (nSPS) is 17.7. The molecule has 19 nitrogen and oxygen atoms in total. The molecule has 1 aliphatic rings. The van der Waals surface area contributed by atoms with Crippen molar-refractivity contribution in [3.63, 3.8) is 0 Å². The van der Waals surface area contributed by atoms with Gasteiger partial charge in [-0.1, -0.05) is 0 Å². The summed E-state index contributed by atoms with van der Waals surface area (Å²) < 4.78 is 15.2. The third-order valence-electron chi connectivity index (χ3n) is 6.67. The number of aromatic hydroxyl groups is 8. The quantitative estimate of drug-likeness (QED) is 0.0905. The number of carbonyl (C=O) groups excluding carboxylic acids is 3. The summed E-state index contributed by atoms with van der Waals surface area (Å²) in [6, 6.07) is 1.36. The number of hydrogen-bond donors (Lipinski definition) is 12. The summed E-state index contributed by atoms with van der Waals surface area (Å²) in [7, 11) is 0. The molecular weight excluding hydrogens is 628 g/mol. The van der Waals surface area contributed by atoms with E-state index in [0.29, 0.717) is 18.2 Å². The number of esters is 2. The Morgan fingerprint density at radius 2 is 1.35 bits per heavy atom. The average molecular weight is 650 g/mol. The van der Waals surface area contributed by atoms with Gasteiger partial charge in [0.15, 0.2) is 46.9 Å². The number of phenols is 8. The maximum atomic E-state index is 13.3. The molecule has 0 unspecified atom stereocenters. The van der Waals surface area contributed by atoms with E-state index >= 15 is 0 Å². The van der Waals surface area contributed by atoms with Crippen molar-refractivity contribution in [3.8, 4) is 68.6 Å². The molecule has 4 atom stereocenters. The van der Waals surface area contributed by atoms with Gasteiger partial charge in [-0.05, 0) is 6.07 Å². The zero-order valence-corrected chi connectivity index (χ0v) is 22.6. The Morgan fingerprint density at radius 3 is 1.93 bits per heavy atom. The molecule has 3 aromatic rings. The Morgan fingerprint density at radius 1 is 0.804 bits per heavy atom. The van der Waals surface area contributed by atoms with E-state index in [0.717, 1.165) is 0 Å². The van der Waals surface area contributed by atoms with Crippen LogP contribution in [0.2, 0.25) is 0 Å². The maximum Gasteiger partial charge on any atom is 0.339 e. The highest BCUT2D eigenvalue weighted by atomic mass is 16.6. The van der Waals surface area contributed by atoms with Crippen LogP contribution in [0.5, 0.6) is 57.5 Å². The van der Waals surface area contributed by atoms with E-state index in [4.69, 9.17) is 14.2 Å². The molecule has 3 aromatic carbocycles. The van der Waals surface area contributed by atoms with Gasteiger partial charge in [-0.3, -0.25) is 0 Å². The molecule has 0 spiro atoms. The van der Waals surface area contributed by atoms with Crippen molar-refractivity contribution in [2.45, 2.75) is 24.4 Å². The standard InChI is InChI=1S/C27H22O19/c28-4-11(31)18(35)24-12(32)5-44-26(42)7-3-13(45-23-8(25(40)41)2-10(30)17(34)22(23)39)19(36)21(38)15(7)14-6(27(43)46-24)1-9(29)16(33)20(14)37/h1-4,11-12,18,24,29-39H,5H2,(H,40,41)/t11-,12+,18+,24+/m0/s1. The Balaban J connectivity index is 2.03. The van der Waals surface area contributed by atoms with E-state index in [1.165, 1.54) is 0 Å². The van der Waals surface area contributed by atoms with Crippen LogP contribution in [-0.4, -0.2) is 116 Å². The third-order valence-corrected chi connectivity index (χ3v) is 6.67. The lowest BCUT2D eigenvalue weighted by molar-refractivity contribution is -0.138. The molecule has 0 bridgehead atoms. The van der Waals surface area contributed by atoms with Gasteiger partial charge < -0.3 is 80.3 Å². The zero-order valence-electron chi connectivity index (χ0n) is 22.6. The minimum Gasteiger partial charge on any atom is -0.504 e. The van der Waals surface area contributed by atoms with Gasteiger partial charge in [0.05, 0.1) is 11.1 Å². The number of aliphatic hydroxyl groups excluding tert-OH is 3. The van der Waals surface area contributed by atoms with Crippen LogP contribution in [0, 0.1) is 0 Å². The van der Waals surface area contributed by atoms with Gasteiger partial charge in [-0.2, -0.15) is 0 Å². The number of aldehydes is 1. The van der Waals surface area contributed by atoms with Crippen LogP contribution in [0.15, 0.2) is 18.2 Å². The highest BCUT2D eigenvalue weighted by molar-refractivity contribution is 6.08. The highest BCUT2D eigenvalue weighted by Gasteiger charge is 2.40. The zero-order chi connectivity index (χ0) is 34.4. The third kappa shape index (κ3) is 5.47. The number of carboxylic acid groups (broad SMARTS) is 1. The number of hydrogen-bond acceptors (Lipinski definition) is 18. The lowest BCUT2D eigenvalue weighted by Gasteiger charge is -2.28. The fourth-order valence-electron chi connectivity index (χ4n) is 4.36. The fraction of sp³-hybridized carbons (Fsp3) is 0.185. The van der Waals surface area contributed by atoms with Crippen LogP contribution in [0.3, 0.4) is 0 Å². The largest absolute Gasteiger partial charge is 0.504 e. The number of ether oxygens (including phenoxy) is 3. The molecule has 244 valence electrons. The van der Waals surface area contributed by atoms with E-state index in [-0.39, 0.29) is 6.29 Å². The van der Waals surface area contributed by atoms with Crippen molar-refractivity contribution in [1.82, 2.24) is 0 Å². The average Bonchev–Trinajstić information content (AvgIpc) is 3.03. The number of benzene rings is 3. The van der Waals surface area contributed by atoms with E-state index < -0.39 is 134 Å². The maximum absolute atomic E-state index is 13.3. The summed E-state index contributed by atoms with van der Waals surface area (Å²) >= 11 is 0. The molecule has 0 amide bonds. The first-order chi connectivity index (χ1) is 21.5. The topological polar surface area (TPSA) is 339 Å². The number of aromatic carboxylic acids is 1. The van der Waals surface area contributed by atoms with Crippen molar-refractivity contribution in [3.05, 3.63) is 34.9 Å². The number of aliphatic hydroxyl groups is 3. The summed E-state index contributed by atoms with van der Waals surface area (Å²) in [5.41, 5.74) is -5.11. The van der Waals surface area contributed by atoms with E-state index in [1.807, 2.05) is 0 Å². The van der Waals surface area contributed by atoms with Crippen LogP contribution < -0.4 is 4.74 Å². The van der Waals surface area contributed by atoms with Gasteiger partial charge in [-0.25, -0.2) is 14.4 Å². The Labute approximate surface area is 253 Å². The predicted molar refractivity (Wildman–Crippen MR) is 142 cm³/mol. The second-order valence-corrected chi connectivity index (χ2v) is 9.54. The minimum absolute atomic E-state index is 0.189. The molecule has 19 heteroatoms. The van der Waals surface area contributed by atoms with Crippen molar-refractivity contribution < 1.29 is 94.7 Å². The molecule has 0 aliphatic carbocycles. The molecule has 0 saturated heterocycles. The first kappa shape index (κ1) is 32.7. The summed E-state index contributed by atoms with van der Waals surface area (Å²) in [5, 5.41) is 123. The summed E-state index contributed by atoms with van der Waals surface area (Å²) in [6.07, 6.45) is -9.24. The molecule has 0 saturated carbocycles. The number of cyclic esters (lactones) is 2. The molecular formula is C27H22O19. The van der Waals surface area contributed by atoms with Gasteiger partial charge in [-0.15, -0.1) is 0 Å². The Bertz CT molecular complexity index is 1780. The van der Waals surface area contributed by atoms with Crippen molar-refractivity contribution in [1.29, 1.82) is 0 Å². The Hall–Kier alpha value is -6.18. The SMILES string of the molecule is O=C[C@H](O)[C@@H](O)[C@@H]1OC(=O)c2cc(O)c(O)c(O)c2-c2c(cc(Oc3c(C(=O)O)cc(O)c(O)c3O)c(O)c2O)C(=O)OC[C@H]1O. The number of carbonyl (C=O) groups is 4. The summed E-state index contributed by atoms with van der Waals surface area (Å²) in [5.74, 6) is -17.9. The summed E-state index contributed by atoms with van der Waals surface area (Å²) in [4.78, 5) is 49.4. The predicted octanol–water partition coefficient (Wildman–Crippen LogP) is -0.534. The molecule has 1 heterocycles. The fourth-order valence-corrected chi connectivity index (χ4v) is 4.36. The first-order valence-corrected chi connectivity index (χ1v) is 12.4. The van der Waals surface area contributed by atoms with Gasteiger partial charge >= 0.3 is 17.9 Å². The molecule has 0 radical (unpaired) electrons. The van der Waals surface area contributed by atoms with Gasteiger partial charge in [0.25, 0.3) is 0 Å². The van der Waals surface area contributed by atoms with Gasteiger partial charge in [0, 0.05) is 23.3 Å². The monoisotopic (exact) mass is 650 g/mol. The van der Waals surface area contributed by atoms with Crippen molar-refractivity contribution in [2.75, 3.05) is 6.61 Å². The van der Waals surface area contributed by atoms with Crippen LogP contribution in [0.4, 0.5) is 0 Å².